The van der Waals surface area contributed by atoms with Gasteiger partial charge in [-0.1, -0.05) is 42.5 Å². The quantitative estimate of drug-likeness (QED) is 0.207. The van der Waals surface area contributed by atoms with Gasteiger partial charge in [-0.3, -0.25) is 24.0 Å². The lowest BCUT2D eigenvalue weighted by atomic mass is 10.0. The minimum atomic E-state index is -1.23. The lowest BCUT2D eigenvalue weighted by molar-refractivity contribution is -0.149. The molecule has 3 aromatic carbocycles. The Labute approximate surface area is 264 Å². The highest BCUT2D eigenvalue weighted by atomic mass is 16.6. The van der Waals surface area contributed by atoms with E-state index in [2.05, 4.69) is 5.32 Å². The second kappa shape index (κ2) is 16.5. The van der Waals surface area contributed by atoms with E-state index in [4.69, 9.17) is 29.4 Å². The molecule has 0 unspecified atom stereocenters. The van der Waals surface area contributed by atoms with Crippen LogP contribution in [0.25, 0.3) is 0 Å². The molecular formula is C33H34N2O11. The normalized spacial score (nSPS) is 11.8. The Morgan fingerprint density at radius 1 is 0.609 bits per heavy atom. The van der Waals surface area contributed by atoms with Gasteiger partial charge in [0.1, 0.15) is 12.6 Å². The molecule has 0 fully saturated rings. The summed E-state index contributed by atoms with van der Waals surface area (Å²) in [4.78, 5) is 72.7. The largest absolute Gasteiger partial charge is 0.459 e. The van der Waals surface area contributed by atoms with Gasteiger partial charge in [-0.2, -0.15) is 0 Å². The van der Waals surface area contributed by atoms with Crippen molar-refractivity contribution < 1.29 is 52.5 Å². The molecule has 1 amide bonds. The third-order valence-corrected chi connectivity index (χ3v) is 6.09. The first-order valence-electron chi connectivity index (χ1n) is 14.1. The van der Waals surface area contributed by atoms with E-state index in [1.165, 1.54) is 58.0 Å². The van der Waals surface area contributed by atoms with Crippen molar-refractivity contribution in [3.63, 3.8) is 0 Å². The summed E-state index contributed by atoms with van der Waals surface area (Å²) in [5.41, 5.74) is 7.85. The van der Waals surface area contributed by atoms with Crippen LogP contribution >= 0.6 is 0 Å². The molecule has 242 valence electrons. The number of carbonyl (C=O) groups is 6. The first-order chi connectivity index (χ1) is 21.8. The van der Waals surface area contributed by atoms with Gasteiger partial charge in [0, 0.05) is 34.1 Å². The molecule has 13 heteroatoms. The van der Waals surface area contributed by atoms with E-state index in [0.717, 1.165) is 5.56 Å². The molecule has 13 nitrogen and oxygen atoms in total. The van der Waals surface area contributed by atoms with Crippen LogP contribution < -0.4 is 30.0 Å². The summed E-state index contributed by atoms with van der Waals surface area (Å²) in [5.74, 6) is -4.11. The predicted octanol–water partition coefficient (Wildman–Crippen LogP) is 2.73. The van der Waals surface area contributed by atoms with Gasteiger partial charge >= 0.3 is 29.8 Å². The Balaban J connectivity index is 1.83. The van der Waals surface area contributed by atoms with Crippen LogP contribution in [0, 0.1) is 0 Å². The Morgan fingerprint density at radius 2 is 1.07 bits per heavy atom. The Kier molecular flexibility index (Phi) is 12.5. The van der Waals surface area contributed by atoms with Crippen LogP contribution in [0.2, 0.25) is 0 Å². The molecule has 0 radical (unpaired) electrons. The maximum Gasteiger partial charge on any atom is 0.329 e. The van der Waals surface area contributed by atoms with E-state index in [9.17, 15) is 28.8 Å². The lowest BCUT2D eigenvalue weighted by Crippen LogP contribution is -2.50. The minimum Gasteiger partial charge on any atom is -0.459 e. The molecule has 3 aromatic rings. The van der Waals surface area contributed by atoms with Crippen molar-refractivity contribution in [2.24, 2.45) is 5.73 Å². The second-order valence-electron chi connectivity index (χ2n) is 10.1. The number of carbonyl (C=O) groups excluding carboxylic acids is 6. The summed E-state index contributed by atoms with van der Waals surface area (Å²) in [5, 5.41) is 2.63. The van der Waals surface area contributed by atoms with Crippen molar-refractivity contribution in [3.05, 3.63) is 83.4 Å². The van der Waals surface area contributed by atoms with Crippen LogP contribution in [0.5, 0.6) is 23.0 Å². The number of benzene rings is 3. The molecule has 0 saturated heterocycles. The van der Waals surface area contributed by atoms with Crippen LogP contribution in [0.3, 0.4) is 0 Å². The molecule has 2 atom stereocenters. The van der Waals surface area contributed by atoms with Crippen LogP contribution in [0.1, 0.15) is 44.4 Å². The second-order valence-corrected chi connectivity index (χ2v) is 10.1. The van der Waals surface area contributed by atoms with Crippen LogP contribution in [0.4, 0.5) is 0 Å². The summed E-state index contributed by atoms with van der Waals surface area (Å²) >= 11 is 0. The van der Waals surface area contributed by atoms with Crippen molar-refractivity contribution in [2.75, 3.05) is 0 Å². The van der Waals surface area contributed by atoms with Gasteiger partial charge in [-0.25, -0.2) is 4.79 Å². The maximum atomic E-state index is 13.3. The fourth-order valence-corrected chi connectivity index (χ4v) is 4.19. The Hall–Kier alpha value is -5.56. The molecule has 0 aliphatic rings. The summed E-state index contributed by atoms with van der Waals surface area (Å²) in [7, 11) is 0. The summed E-state index contributed by atoms with van der Waals surface area (Å²) in [6.07, 6.45) is -0.145. The van der Waals surface area contributed by atoms with Gasteiger partial charge in [0.15, 0.2) is 23.0 Å². The molecule has 0 spiro atoms. The zero-order valence-electron chi connectivity index (χ0n) is 25.7. The van der Waals surface area contributed by atoms with Gasteiger partial charge in [0.25, 0.3) is 0 Å². The van der Waals surface area contributed by atoms with Crippen molar-refractivity contribution in [1.29, 1.82) is 0 Å². The number of rotatable bonds is 13. The smallest absolute Gasteiger partial charge is 0.329 e. The first kappa shape index (κ1) is 34.9. The molecule has 0 aromatic heterocycles. The van der Waals surface area contributed by atoms with Gasteiger partial charge in [0.05, 0.1) is 6.04 Å². The van der Waals surface area contributed by atoms with Crippen LogP contribution in [0.15, 0.2) is 66.7 Å². The topological polar surface area (TPSA) is 187 Å². The average molecular weight is 635 g/mol. The van der Waals surface area contributed by atoms with E-state index < -0.39 is 47.8 Å². The molecule has 0 bridgehead atoms. The highest BCUT2D eigenvalue weighted by molar-refractivity contribution is 5.88. The minimum absolute atomic E-state index is 0.00597. The fraction of sp³-hybridized carbons (Fsp3) is 0.273. The highest BCUT2D eigenvalue weighted by Crippen LogP contribution is 2.30. The third kappa shape index (κ3) is 11.2. The van der Waals surface area contributed by atoms with Gasteiger partial charge in [-0.15, -0.1) is 0 Å². The zero-order valence-corrected chi connectivity index (χ0v) is 25.7. The van der Waals surface area contributed by atoms with Gasteiger partial charge in [0.2, 0.25) is 5.91 Å². The first-order valence-corrected chi connectivity index (χ1v) is 14.1. The Morgan fingerprint density at radius 3 is 1.54 bits per heavy atom. The molecule has 46 heavy (non-hydrogen) atoms. The van der Waals surface area contributed by atoms with Crippen molar-refractivity contribution in [3.8, 4) is 23.0 Å². The van der Waals surface area contributed by atoms with Gasteiger partial charge in [-0.05, 0) is 47.4 Å². The average Bonchev–Trinajstić information content (AvgIpc) is 2.97. The van der Waals surface area contributed by atoms with Gasteiger partial charge < -0.3 is 34.7 Å². The zero-order chi connectivity index (χ0) is 33.8. The van der Waals surface area contributed by atoms with E-state index in [1.54, 1.807) is 30.3 Å². The van der Waals surface area contributed by atoms with Crippen molar-refractivity contribution in [2.45, 2.75) is 59.2 Å². The number of hydrogen-bond donors (Lipinski definition) is 2. The summed E-state index contributed by atoms with van der Waals surface area (Å²) < 4.78 is 26.0. The molecule has 0 heterocycles. The number of esters is 5. The number of nitrogens with two attached hydrogens (primary N) is 1. The van der Waals surface area contributed by atoms with E-state index >= 15 is 0 Å². The molecule has 0 aliphatic heterocycles. The lowest BCUT2D eigenvalue weighted by Gasteiger charge is -2.21. The summed E-state index contributed by atoms with van der Waals surface area (Å²) in [6, 6.07) is 15.2. The summed E-state index contributed by atoms with van der Waals surface area (Å²) in [6.45, 7) is 4.68. The monoisotopic (exact) mass is 634 g/mol. The number of ether oxygens (including phenoxy) is 5. The number of hydrogen-bond acceptors (Lipinski definition) is 12. The maximum absolute atomic E-state index is 13.3. The van der Waals surface area contributed by atoms with Crippen molar-refractivity contribution >= 4 is 35.8 Å². The SMILES string of the molecule is CC(=O)Oc1ccc(C[C@H](NC(=O)[C@@H](N)Cc2ccc(OC(C)=O)c(OC(C)=O)c2)C(=O)OCc2ccccc2)cc1OC(C)=O. The molecule has 3 N–H and O–H groups in total. The van der Waals surface area contributed by atoms with Crippen LogP contribution in [-0.4, -0.2) is 47.8 Å². The van der Waals surface area contributed by atoms with Crippen molar-refractivity contribution in [1.82, 2.24) is 5.32 Å². The fourth-order valence-electron chi connectivity index (χ4n) is 4.19. The van der Waals surface area contributed by atoms with Crippen LogP contribution in [-0.2, 0) is 53.0 Å². The van der Waals surface area contributed by atoms with E-state index in [-0.39, 0.29) is 42.4 Å². The Bertz CT molecular complexity index is 1600. The molecule has 3 rings (SSSR count). The third-order valence-electron chi connectivity index (χ3n) is 6.09. The molecule has 0 saturated carbocycles. The predicted molar refractivity (Wildman–Crippen MR) is 162 cm³/mol. The van der Waals surface area contributed by atoms with E-state index in [0.29, 0.717) is 11.1 Å². The standard InChI is InChI=1S/C33H34N2O11/c1-19(36)43-28-12-10-24(16-30(28)45-21(3)38)14-26(34)32(40)35-27(33(41)42-18-23-8-6-5-7-9-23)15-25-11-13-29(44-20(2)37)31(17-25)46-22(4)39/h5-13,16-17,26-27H,14-15,18,34H2,1-4H3,(H,35,40)/t26-,27-/m0/s1. The number of nitrogens with one attached hydrogen (secondary N) is 1. The molecule has 0 aliphatic carbocycles. The number of amides is 1. The van der Waals surface area contributed by atoms with E-state index in [1.807, 2.05) is 6.07 Å². The highest BCUT2D eigenvalue weighted by Gasteiger charge is 2.27. The molecular weight excluding hydrogens is 600 g/mol.